The molecule has 0 aliphatic rings. The van der Waals surface area contributed by atoms with Crippen LogP contribution in [0.25, 0.3) is 16.9 Å². The van der Waals surface area contributed by atoms with Gasteiger partial charge in [-0.1, -0.05) is 65.7 Å². The highest BCUT2D eigenvalue weighted by Gasteiger charge is 2.18. The molecule has 2 heterocycles. The largest absolute Gasteiger partial charge is 0.310 e. The number of hydrogen-bond acceptors (Lipinski definition) is 2. The van der Waals surface area contributed by atoms with Gasteiger partial charge in [0.2, 0.25) is 5.91 Å². The third kappa shape index (κ3) is 4.14. The van der Waals surface area contributed by atoms with Crippen LogP contribution in [-0.4, -0.2) is 15.3 Å². The Morgan fingerprint density at radius 2 is 1.83 bits per heavy atom. The molecule has 0 aliphatic heterocycles. The highest BCUT2D eigenvalue weighted by Crippen LogP contribution is 2.33. The summed E-state index contributed by atoms with van der Waals surface area (Å²) in [7, 11) is 0. The fourth-order valence-corrected chi connectivity index (χ4v) is 3.56. The van der Waals surface area contributed by atoms with E-state index in [-0.39, 0.29) is 5.91 Å². The van der Waals surface area contributed by atoms with Crippen LogP contribution in [0.1, 0.15) is 17.5 Å². The van der Waals surface area contributed by atoms with Crippen LogP contribution in [0, 0.1) is 6.92 Å². The number of hydrogen-bond donors (Lipinski definition) is 1. The molecule has 0 aliphatic carbocycles. The molecule has 146 valence electrons. The van der Waals surface area contributed by atoms with Crippen molar-refractivity contribution in [1.29, 1.82) is 0 Å². The normalized spacial score (nSPS) is 11.0. The highest BCUT2D eigenvalue weighted by molar-refractivity contribution is 6.42. The molecule has 0 saturated heterocycles. The monoisotopic (exact) mass is 423 g/mol. The number of amides is 1. The number of nitrogens with zero attached hydrogens (tertiary/aromatic N) is 2. The Morgan fingerprint density at radius 3 is 2.59 bits per heavy atom. The number of anilines is 1. The maximum atomic E-state index is 12.7. The van der Waals surface area contributed by atoms with Crippen LogP contribution >= 0.6 is 23.2 Å². The van der Waals surface area contributed by atoms with E-state index < -0.39 is 0 Å². The summed E-state index contributed by atoms with van der Waals surface area (Å²) in [5.74, 6) is 0.554. The average molecular weight is 424 g/mol. The Bertz CT molecular complexity index is 1190. The number of pyridine rings is 1. The Labute approximate surface area is 179 Å². The van der Waals surface area contributed by atoms with Crippen molar-refractivity contribution in [2.45, 2.75) is 19.8 Å². The summed E-state index contributed by atoms with van der Waals surface area (Å²) in [6.45, 7) is 1.99. The number of nitrogens with one attached hydrogen (secondary N) is 1. The van der Waals surface area contributed by atoms with Crippen LogP contribution in [-0.2, 0) is 11.2 Å². The van der Waals surface area contributed by atoms with Gasteiger partial charge in [0.25, 0.3) is 0 Å². The molecule has 4 nitrogen and oxygen atoms in total. The van der Waals surface area contributed by atoms with Crippen molar-refractivity contribution in [2.24, 2.45) is 0 Å². The van der Waals surface area contributed by atoms with E-state index in [0.717, 1.165) is 22.3 Å². The molecule has 0 atom stereocenters. The molecule has 6 heteroatoms. The van der Waals surface area contributed by atoms with Gasteiger partial charge in [-0.3, -0.25) is 9.20 Å². The maximum Gasteiger partial charge on any atom is 0.225 e. The highest BCUT2D eigenvalue weighted by atomic mass is 35.5. The van der Waals surface area contributed by atoms with E-state index in [1.54, 1.807) is 12.1 Å². The molecule has 2 aromatic heterocycles. The van der Waals surface area contributed by atoms with E-state index in [0.29, 0.717) is 34.4 Å². The van der Waals surface area contributed by atoms with Gasteiger partial charge < -0.3 is 5.32 Å². The maximum absolute atomic E-state index is 12.7. The standard InChI is InChI=1S/C23H19Cl2N3O/c1-15-6-5-13-28-22(15)27-21(17-10-11-18(24)19(25)14-17)23(28)26-20(29)12-9-16-7-3-2-4-8-16/h2-8,10-11,13-14H,9,12H2,1H3,(H,26,29). The van der Waals surface area contributed by atoms with Crippen molar-refractivity contribution in [2.75, 3.05) is 5.32 Å². The van der Waals surface area contributed by atoms with Crippen molar-refractivity contribution in [3.05, 3.63) is 88.0 Å². The van der Waals surface area contributed by atoms with E-state index in [1.165, 1.54) is 0 Å². The van der Waals surface area contributed by atoms with Gasteiger partial charge in [-0.25, -0.2) is 4.98 Å². The molecule has 1 amide bonds. The van der Waals surface area contributed by atoms with E-state index in [9.17, 15) is 4.79 Å². The Kier molecular flexibility index (Phi) is 5.56. The first kappa shape index (κ1) is 19.5. The lowest BCUT2D eigenvalue weighted by Crippen LogP contribution is -2.14. The van der Waals surface area contributed by atoms with Crippen LogP contribution in [0.15, 0.2) is 66.9 Å². The number of aromatic nitrogens is 2. The summed E-state index contributed by atoms with van der Waals surface area (Å²) >= 11 is 12.3. The Morgan fingerprint density at radius 1 is 1.03 bits per heavy atom. The van der Waals surface area contributed by atoms with Gasteiger partial charge in [-0.15, -0.1) is 0 Å². The van der Waals surface area contributed by atoms with Crippen molar-refractivity contribution in [3.63, 3.8) is 0 Å². The van der Waals surface area contributed by atoms with Gasteiger partial charge in [0, 0.05) is 18.2 Å². The predicted molar refractivity (Wildman–Crippen MR) is 119 cm³/mol. The van der Waals surface area contributed by atoms with Gasteiger partial charge in [-0.2, -0.15) is 0 Å². The van der Waals surface area contributed by atoms with Gasteiger partial charge in [-0.05, 0) is 42.7 Å². The molecule has 4 rings (SSSR count). The van der Waals surface area contributed by atoms with E-state index in [1.807, 2.05) is 66.1 Å². The van der Waals surface area contributed by atoms with Crippen LogP contribution in [0.5, 0.6) is 0 Å². The Hall–Kier alpha value is -2.82. The quantitative estimate of drug-likeness (QED) is 0.415. The lowest BCUT2D eigenvalue weighted by molar-refractivity contribution is -0.116. The smallest absolute Gasteiger partial charge is 0.225 e. The number of rotatable bonds is 5. The first-order chi connectivity index (χ1) is 14.0. The molecule has 2 aromatic carbocycles. The van der Waals surface area contributed by atoms with Crippen molar-refractivity contribution in [3.8, 4) is 11.3 Å². The van der Waals surface area contributed by atoms with Crippen LogP contribution < -0.4 is 5.32 Å². The number of carbonyl (C=O) groups is 1. The summed E-state index contributed by atoms with van der Waals surface area (Å²) in [5, 5.41) is 3.97. The van der Waals surface area contributed by atoms with Crippen LogP contribution in [0.4, 0.5) is 5.82 Å². The lowest BCUT2D eigenvalue weighted by Gasteiger charge is -2.09. The summed E-state index contributed by atoms with van der Waals surface area (Å²) in [6.07, 6.45) is 2.94. The van der Waals surface area contributed by atoms with Gasteiger partial charge >= 0.3 is 0 Å². The van der Waals surface area contributed by atoms with Crippen molar-refractivity contribution in [1.82, 2.24) is 9.38 Å². The van der Waals surface area contributed by atoms with E-state index in [4.69, 9.17) is 28.2 Å². The topological polar surface area (TPSA) is 46.4 Å². The van der Waals surface area contributed by atoms with Crippen LogP contribution in [0.2, 0.25) is 10.0 Å². The second kappa shape index (κ2) is 8.27. The number of fused-ring (bicyclic) bond motifs is 1. The van der Waals surface area contributed by atoms with E-state index in [2.05, 4.69) is 5.32 Å². The minimum Gasteiger partial charge on any atom is -0.310 e. The minimum absolute atomic E-state index is 0.0709. The third-order valence-corrected chi connectivity index (χ3v) is 5.52. The second-order valence-electron chi connectivity index (χ2n) is 6.86. The molecule has 0 bridgehead atoms. The minimum atomic E-state index is -0.0709. The summed E-state index contributed by atoms with van der Waals surface area (Å²) in [5.41, 5.74) is 4.37. The molecule has 4 aromatic rings. The molecule has 1 N–H and O–H groups in total. The van der Waals surface area contributed by atoms with Gasteiger partial charge in [0.05, 0.1) is 10.0 Å². The molecule has 0 radical (unpaired) electrons. The summed E-state index contributed by atoms with van der Waals surface area (Å²) < 4.78 is 1.90. The second-order valence-corrected chi connectivity index (χ2v) is 7.67. The van der Waals surface area contributed by atoms with Crippen molar-refractivity contribution >= 4 is 40.6 Å². The van der Waals surface area contributed by atoms with Crippen molar-refractivity contribution < 1.29 is 4.79 Å². The number of aryl methyl sites for hydroxylation is 2. The third-order valence-electron chi connectivity index (χ3n) is 4.78. The zero-order chi connectivity index (χ0) is 20.4. The lowest BCUT2D eigenvalue weighted by atomic mass is 10.1. The van der Waals surface area contributed by atoms with Gasteiger partial charge in [0.15, 0.2) is 0 Å². The van der Waals surface area contributed by atoms with Crippen LogP contribution in [0.3, 0.4) is 0 Å². The number of benzene rings is 2. The molecule has 0 unspecified atom stereocenters. The molecule has 29 heavy (non-hydrogen) atoms. The van der Waals surface area contributed by atoms with E-state index >= 15 is 0 Å². The Balaban J connectivity index is 1.69. The molecule has 0 saturated carbocycles. The number of imidazole rings is 1. The zero-order valence-electron chi connectivity index (χ0n) is 15.8. The average Bonchev–Trinajstić information content (AvgIpc) is 3.09. The predicted octanol–water partition coefficient (Wildman–Crippen LogP) is 6.19. The van der Waals surface area contributed by atoms with Gasteiger partial charge in [0.1, 0.15) is 17.2 Å². The molecular weight excluding hydrogens is 405 g/mol. The zero-order valence-corrected chi connectivity index (χ0v) is 17.3. The first-order valence-electron chi connectivity index (χ1n) is 9.30. The molecular formula is C23H19Cl2N3O. The molecule has 0 spiro atoms. The number of halogens is 2. The fourth-order valence-electron chi connectivity index (χ4n) is 3.27. The summed E-state index contributed by atoms with van der Waals surface area (Å²) in [6, 6.07) is 19.2. The number of carbonyl (C=O) groups excluding carboxylic acids is 1. The molecule has 0 fully saturated rings. The SMILES string of the molecule is Cc1cccn2c(NC(=O)CCc3ccccc3)c(-c3ccc(Cl)c(Cl)c3)nc12. The fraction of sp³-hybridized carbons (Fsp3) is 0.130. The summed E-state index contributed by atoms with van der Waals surface area (Å²) in [4.78, 5) is 17.5. The first-order valence-corrected chi connectivity index (χ1v) is 10.1.